The molecule has 2 aromatic rings. The molecule has 1 spiro atoms. The molecule has 1 aromatic heterocycles. The molecule has 1 aromatic carbocycles. The highest BCUT2D eigenvalue weighted by atomic mass is 16.5. The zero-order valence-electron chi connectivity index (χ0n) is 16.9. The molecule has 3 fully saturated rings. The molecule has 7 nitrogen and oxygen atoms in total. The highest BCUT2D eigenvalue weighted by Gasteiger charge is 2.48. The Balaban J connectivity index is 1.21. The highest BCUT2D eigenvalue weighted by molar-refractivity contribution is 5.98. The smallest absolute Gasteiger partial charge is 0.270 e. The van der Waals surface area contributed by atoms with Crippen LogP contribution in [0.3, 0.4) is 0 Å². The van der Waals surface area contributed by atoms with E-state index >= 15 is 0 Å². The van der Waals surface area contributed by atoms with Gasteiger partial charge in [0.05, 0.1) is 13.7 Å². The molecule has 1 N–H and O–H groups in total. The van der Waals surface area contributed by atoms with Gasteiger partial charge in [0.15, 0.2) is 0 Å². The van der Waals surface area contributed by atoms with Crippen molar-refractivity contribution >= 4 is 22.7 Å². The fourth-order valence-corrected chi connectivity index (χ4v) is 4.99. The van der Waals surface area contributed by atoms with E-state index in [1.807, 2.05) is 34.1 Å². The number of H-pyrrole nitrogens is 1. The lowest BCUT2D eigenvalue weighted by Gasteiger charge is -2.54. The van der Waals surface area contributed by atoms with Crippen molar-refractivity contribution in [3.63, 3.8) is 0 Å². The first kappa shape index (κ1) is 18.5. The van der Waals surface area contributed by atoms with Crippen molar-refractivity contribution in [2.45, 2.75) is 19.3 Å². The van der Waals surface area contributed by atoms with E-state index in [-0.39, 0.29) is 17.2 Å². The standard InChI is InChI=1S/C22H28N4O3/c1-29-17-5-4-16-10-19(23-18(16)11-17)21(28)26-14-22(15-26)6-2-7-24(13-22)12-20(27)25-8-3-9-25/h4-5,10-11,23H,2-3,6-9,12-15H2,1H3. The highest BCUT2D eigenvalue weighted by Crippen LogP contribution is 2.39. The van der Waals surface area contributed by atoms with E-state index in [9.17, 15) is 9.59 Å². The molecule has 0 radical (unpaired) electrons. The maximum Gasteiger partial charge on any atom is 0.270 e. The molecule has 5 rings (SSSR count). The van der Waals surface area contributed by atoms with E-state index in [1.165, 1.54) is 0 Å². The van der Waals surface area contributed by atoms with Gasteiger partial charge in [0.1, 0.15) is 11.4 Å². The Morgan fingerprint density at radius 1 is 1.07 bits per heavy atom. The Morgan fingerprint density at radius 3 is 2.62 bits per heavy atom. The van der Waals surface area contributed by atoms with Crippen LogP contribution in [0.4, 0.5) is 0 Å². The van der Waals surface area contributed by atoms with Gasteiger partial charge in [-0.3, -0.25) is 14.5 Å². The fourth-order valence-electron chi connectivity index (χ4n) is 4.99. The zero-order chi connectivity index (χ0) is 20.0. The van der Waals surface area contributed by atoms with Crippen molar-refractivity contribution in [3.8, 4) is 5.75 Å². The minimum absolute atomic E-state index is 0.0552. The molecular formula is C22H28N4O3. The number of aromatic nitrogens is 1. The number of ether oxygens (including phenoxy) is 1. The number of hydrogen-bond acceptors (Lipinski definition) is 4. The molecule has 0 bridgehead atoms. The van der Waals surface area contributed by atoms with Crippen LogP contribution in [-0.2, 0) is 4.79 Å². The van der Waals surface area contributed by atoms with Crippen molar-refractivity contribution in [1.82, 2.24) is 19.7 Å². The first-order valence-electron chi connectivity index (χ1n) is 10.5. The predicted molar refractivity (Wildman–Crippen MR) is 110 cm³/mol. The number of nitrogens with zero attached hydrogens (tertiary/aromatic N) is 3. The quantitative estimate of drug-likeness (QED) is 0.858. The second kappa shape index (κ2) is 7.06. The molecule has 0 atom stereocenters. The van der Waals surface area contributed by atoms with Crippen LogP contribution in [0.15, 0.2) is 24.3 Å². The number of benzene rings is 1. The Labute approximate surface area is 170 Å². The minimum atomic E-state index is 0.0552. The minimum Gasteiger partial charge on any atom is -0.497 e. The van der Waals surface area contributed by atoms with Gasteiger partial charge in [0.2, 0.25) is 5.91 Å². The molecule has 0 unspecified atom stereocenters. The van der Waals surface area contributed by atoms with Crippen LogP contribution >= 0.6 is 0 Å². The summed E-state index contributed by atoms with van der Waals surface area (Å²) >= 11 is 0. The van der Waals surface area contributed by atoms with Crippen LogP contribution in [0, 0.1) is 5.41 Å². The van der Waals surface area contributed by atoms with Crippen molar-refractivity contribution < 1.29 is 14.3 Å². The van der Waals surface area contributed by atoms with Crippen LogP contribution in [-0.4, -0.2) is 84.4 Å². The average Bonchev–Trinajstić information content (AvgIpc) is 3.07. The van der Waals surface area contributed by atoms with E-state index in [4.69, 9.17) is 4.74 Å². The van der Waals surface area contributed by atoms with Gasteiger partial charge in [0, 0.05) is 55.1 Å². The Kier molecular flexibility index (Phi) is 4.50. The van der Waals surface area contributed by atoms with E-state index in [2.05, 4.69) is 9.88 Å². The summed E-state index contributed by atoms with van der Waals surface area (Å²) in [6.07, 6.45) is 3.36. The van der Waals surface area contributed by atoms with Crippen LogP contribution in [0.25, 0.3) is 10.9 Å². The summed E-state index contributed by atoms with van der Waals surface area (Å²) in [5, 5.41) is 1.01. The van der Waals surface area contributed by atoms with E-state index in [0.29, 0.717) is 12.2 Å². The molecule has 0 saturated carbocycles. The number of nitrogens with one attached hydrogen (secondary N) is 1. The molecule has 3 aliphatic rings. The van der Waals surface area contributed by atoms with Crippen molar-refractivity contribution in [3.05, 3.63) is 30.0 Å². The molecule has 2 amide bonds. The summed E-state index contributed by atoms with van der Waals surface area (Å²) in [6, 6.07) is 7.70. The maximum atomic E-state index is 13.0. The lowest BCUT2D eigenvalue weighted by molar-refractivity contribution is -0.137. The molecule has 3 aliphatic heterocycles. The van der Waals surface area contributed by atoms with Gasteiger partial charge in [-0.15, -0.1) is 0 Å². The third-order valence-corrected chi connectivity index (χ3v) is 6.71. The lowest BCUT2D eigenvalue weighted by Crippen LogP contribution is -2.65. The number of carbonyl (C=O) groups is 2. The van der Waals surface area contributed by atoms with Gasteiger partial charge in [0.25, 0.3) is 5.91 Å². The molecule has 7 heteroatoms. The molecule has 4 heterocycles. The van der Waals surface area contributed by atoms with Crippen molar-refractivity contribution in [2.24, 2.45) is 5.41 Å². The Bertz CT molecular complexity index is 943. The van der Waals surface area contributed by atoms with E-state index in [1.54, 1.807) is 7.11 Å². The Morgan fingerprint density at radius 2 is 1.90 bits per heavy atom. The summed E-state index contributed by atoms with van der Waals surface area (Å²) in [7, 11) is 1.64. The number of piperidine rings is 1. The third-order valence-electron chi connectivity index (χ3n) is 6.71. The number of fused-ring (bicyclic) bond motifs is 1. The number of amides is 2. The molecule has 3 saturated heterocycles. The summed E-state index contributed by atoms with van der Waals surface area (Å²) in [4.78, 5) is 34.7. The first-order chi connectivity index (χ1) is 14.0. The van der Waals surface area contributed by atoms with E-state index < -0.39 is 0 Å². The van der Waals surface area contributed by atoms with Crippen molar-refractivity contribution in [1.29, 1.82) is 0 Å². The van der Waals surface area contributed by atoms with Gasteiger partial charge in [-0.2, -0.15) is 0 Å². The SMILES string of the molecule is COc1ccc2cc(C(=O)N3CC4(CCCN(CC(=O)N5CCC5)C4)C3)[nH]c2c1. The summed E-state index contributed by atoms with van der Waals surface area (Å²) in [5.74, 6) is 1.09. The molecule has 154 valence electrons. The third kappa shape index (κ3) is 3.37. The second-order valence-electron chi connectivity index (χ2n) is 8.85. The van der Waals surface area contributed by atoms with E-state index in [0.717, 1.165) is 75.2 Å². The first-order valence-corrected chi connectivity index (χ1v) is 10.5. The number of carbonyl (C=O) groups excluding carboxylic acids is 2. The van der Waals surface area contributed by atoms with Crippen LogP contribution in [0.5, 0.6) is 5.75 Å². The van der Waals surface area contributed by atoms with Crippen LogP contribution < -0.4 is 4.74 Å². The number of methoxy groups -OCH3 is 1. The lowest BCUT2D eigenvalue weighted by atomic mass is 9.73. The molecule has 29 heavy (non-hydrogen) atoms. The predicted octanol–water partition coefficient (Wildman–Crippen LogP) is 1.95. The van der Waals surface area contributed by atoms with Gasteiger partial charge in [-0.25, -0.2) is 0 Å². The largest absolute Gasteiger partial charge is 0.497 e. The number of aromatic amines is 1. The molecular weight excluding hydrogens is 368 g/mol. The van der Waals surface area contributed by atoms with Crippen LogP contribution in [0.1, 0.15) is 29.8 Å². The molecule has 0 aliphatic carbocycles. The van der Waals surface area contributed by atoms with Crippen molar-refractivity contribution in [2.75, 3.05) is 52.9 Å². The second-order valence-corrected chi connectivity index (χ2v) is 8.85. The maximum absolute atomic E-state index is 13.0. The number of rotatable bonds is 4. The Hall–Kier alpha value is -2.54. The zero-order valence-corrected chi connectivity index (χ0v) is 16.9. The number of likely N-dealkylation sites (tertiary alicyclic amines) is 3. The summed E-state index contributed by atoms with van der Waals surface area (Å²) < 4.78 is 5.26. The van der Waals surface area contributed by atoms with Gasteiger partial charge in [-0.05, 0) is 44.0 Å². The monoisotopic (exact) mass is 396 g/mol. The summed E-state index contributed by atoms with van der Waals surface area (Å²) in [6.45, 7) is 5.81. The van der Waals surface area contributed by atoms with Crippen LogP contribution in [0.2, 0.25) is 0 Å². The topological polar surface area (TPSA) is 68.9 Å². The van der Waals surface area contributed by atoms with Gasteiger partial charge < -0.3 is 19.5 Å². The fraction of sp³-hybridized carbons (Fsp3) is 0.545. The average molecular weight is 396 g/mol. The number of hydrogen-bond donors (Lipinski definition) is 1. The normalized spacial score (nSPS) is 21.1. The summed E-state index contributed by atoms with van der Waals surface area (Å²) in [5.41, 5.74) is 1.69. The van der Waals surface area contributed by atoms with Gasteiger partial charge >= 0.3 is 0 Å². The van der Waals surface area contributed by atoms with Gasteiger partial charge in [-0.1, -0.05) is 0 Å².